The van der Waals surface area contributed by atoms with Gasteiger partial charge in [-0.25, -0.2) is 0 Å². The molecule has 0 aliphatic heterocycles. The van der Waals surface area contributed by atoms with Gasteiger partial charge in [0.1, 0.15) is 0 Å². The van der Waals surface area contributed by atoms with Crippen LogP contribution in [0.3, 0.4) is 0 Å². The predicted octanol–water partition coefficient (Wildman–Crippen LogP) is 13.6. The molecule has 0 amide bonds. The van der Waals surface area contributed by atoms with Crippen LogP contribution in [0.4, 0.5) is 17.1 Å². The number of para-hydroxylation sites is 1. The molecule has 230 valence electrons. The minimum Gasteiger partial charge on any atom is -0.310 e. The Morgan fingerprint density at radius 1 is 0.265 bits per heavy atom. The molecule has 0 aliphatic rings. The van der Waals surface area contributed by atoms with Crippen LogP contribution in [0.25, 0.3) is 65.7 Å². The van der Waals surface area contributed by atoms with E-state index in [4.69, 9.17) is 0 Å². The van der Waals surface area contributed by atoms with E-state index in [0.29, 0.717) is 0 Å². The first-order valence-corrected chi connectivity index (χ1v) is 16.8. The molecule has 0 radical (unpaired) electrons. The highest BCUT2D eigenvalue weighted by molar-refractivity contribution is 6.17. The van der Waals surface area contributed by atoms with Gasteiger partial charge in [0.05, 0.1) is 5.69 Å². The Morgan fingerprint density at radius 2 is 0.755 bits per heavy atom. The maximum Gasteiger partial charge on any atom is 0.0540 e. The van der Waals surface area contributed by atoms with Crippen LogP contribution < -0.4 is 4.90 Å². The van der Waals surface area contributed by atoms with Crippen LogP contribution in [0.2, 0.25) is 0 Å². The van der Waals surface area contributed by atoms with Crippen molar-refractivity contribution in [3.8, 4) is 33.4 Å². The predicted molar refractivity (Wildman–Crippen MR) is 210 cm³/mol. The van der Waals surface area contributed by atoms with E-state index in [1.54, 1.807) is 0 Å². The van der Waals surface area contributed by atoms with Crippen LogP contribution in [-0.2, 0) is 0 Å². The molecule has 1 heteroatoms. The van der Waals surface area contributed by atoms with E-state index in [2.05, 4.69) is 205 Å². The highest BCUT2D eigenvalue weighted by Crippen LogP contribution is 2.43. The molecule has 0 atom stereocenters. The third-order valence-electron chi connectivity index (χ3n) is 9.65. The van der Waals surface area contributed by atoms with Crippen molar-refractivity contribution in [1.29, 1.82) is 0 Å². The summed E-state index contributed by atoms with van der Waals surface area (Å²) in [6.07, 6.45) is 0. The van der Waals surface area contributed by atoms with Gasteiger partial charge in [-0.3, -0.25) is 0 Å². The zero-order valence-corrected chi connectivity index (χ0v) is 27.0. The zero-order valence-electron chi connectivity index (χ0n) is 27.0. The van der Waals surface area contributed by atoms with Gasteiger partial charge in [0.25, 0.3) is 0 Å². The average Bonchev–Trinajstić information content (AvgIpc) is 3.19. The van der Waals surface area contributed by atoms with Gasteiger partial charge >= 0.3 is 0 Å². The third kappa shape index (κ3) is 5.32. The number of hydrogen-bond acceptors (Lipinski definition) is 1. The summed E-state index contributed by atoms with van der Waals surface area (Å²) in [5.74, 6) is 0. The lowest BCUT2D eigenvalue weighted by Crippen LogP contribution is -2.11. The van der Waals surface area contributed by atoms with Crippen LogP contribution in [0.1, 0.15) is 0 Å². The normalized spacial score (nSPS) is 11.3. The van der Waals surface area contributed by atoms with E-state index >= 15 is 0 Å². The molecule has 9 aromatic rings. The molecular weight excluding hydrogens is 591 g/mol. The Balaban J connectivity index is 1.16. The summed E-state index contributed by atoms with van der Waals surface area (Å²) < 4.78 is 0. The van der Waals surface area contributed by atoms with Crippen molar-refractivity contribution in [3.05, 3.63) is 200 Å². The first-order valence-electron chi connectivity index (χ1n) is 16.8. The van der Waals surface area contributed by atoms with Crippen molar-refractivity contribution >= 4 is 49.4 Å². The van der Waals surface area contributed by atoms with Crippen molar-refractivity contribution < 1.29 is 0 Å². The lowest BCUT2D eigenvalue weighted by molar-refractivity contribution is 1.28. The standard InChI is InChI=1S/C48H33N/c1-4-12-34(13-5-1)40-26-31-48(47(33-40)36-14-6-2-7-15-36)49(41-17-8-3-9-18-41)42-27-22-35(23-28-42)39-21-20-38-25-29-44-43-19-11-10-16-37(43)24-30-45(44)46(38)32-39/h1-33H. The van der Waals surface area contributed by atoms with Crippen molar-refractivity contribution in [2.45, 2.75) is 0 Å². The van der Waals surface area contributed by atoms with Gasteiger partial charge in [-0.2, -0.15) is 0 Å². The van der Waals surface area contributed by atoms with Crippen molar-refractivity contribution in [2.24, 2.45) is 0 Å². The number of hydrogen-bond donors (Lipinski definition) is 0. The molecule has 9 rings (SSSR count). The van der Waals surface area contributed by atoms with Crippen molar-refractivity contribution in [2.75, 3.05) is 4.90 Å². The number of benzene rings is 9. The van der Waals surface area contributed by atoms with Gasteiger partial charge in [-0.1, -0.05) is 158 Å². The molecule has 0 heterocycles. The summed E-state index contributed by atoms with van der Waals surface area (Å²) >= 11 is 0. The largest absolute Gasteiger partial charge is 0.310 e. The highest BCUT2D eigenvalue weighted by Gasteiger charge is 2.18. The summed E-state index contributed by atoms with van der Waals surface area (Å²) in [5.41, 5.74) is 10.5. The van der Waals surface area contributed by atoms with Gasteiger partial charge in [0.2, 0.25) is 0 Å². The fraction of sp³-hybridized carbons (Fsp3) is 0. The molecule has 0 unspecified atom stereocenters. The quantitative estimate of drug-likeness (QED) is 0.167. The molecule has 0 aliphatic carbocycles. The Bertz CT molecular complexity index is 2570. The molecule has 0 spiro atoms. The maximum absolute atomic E-state index is 2.37. The molecule has 0 bridgehead atoms. The molecule has 1 nitrogen and oxygen atoms in total. The lowest BCUT2D eigenvalue weighted by atomic mass is 9.94. The second-order valence-electron chi connectivity index (χ2n) is 12.6. The van der Waals surface area contributed by atoms with Crippen molar-refractivity contribution in [1.82, 2.24) is 0 Å². The van der Waals surface area contributed by atoms with Crippen LogP contribution in [0.5, 0.6) is 0 Å². The molecule has 0 aromatic heterocycles. The van der Waals surface area contributed by atoms with E-state index in [9.17, 15) is 0 Å². The fourth-order valence-corrected chi connectivity index (χ4v) is 7.19. The van der Waals surface area contributed by atoms with Gasteiger partial charge in [-0.05, 0) is 103 Å². The monoisotopic (exact) mass is 623 g/mol. The van der Waals surface area contributed by atoms with Crippen LogP contribution in [-0.4, -0.2) is 0 Å². The number of fused-ring (bicyclic) bond motifs is 5. The minimum atomic E-state index is 1.11. The third-order valence-corrected chi connectivity index (χ3v) is 9.65. The summed E-state index contributed by atoms with van der Waals surface area (Å²) in [6.45, 7) is 0. The Kier molecular flexibility index (Phi) is 7.22. The summed E-state index contributed by atoms with van der Waals surface area (Å²) in [5, 5.41) is 7.69. The SMILES string of the molecule is c1ccc(-c2ccc(N(c3ccccc3)c3ccc(-c4ccc5ccc6c7ccccc7ccc6c5c4)cc3)c(-c3ccccc3)c2)cc1. The van der Waals surface area contributed by atoms with E-state index in [-0.39, 0.29) is 0 Å². The van der Waals surface area contributed by atoms with Gasteiger partial charge < -0.3 is 4.90 Å². The van der Waals surface area contributed by atoms with E-state index in [0.717, 1.165) is 17.1 Å². The van der Waals surface area contributed by atoms with Crippen LogP contribution >= 0.6 is 0 Å². The second-order valence-corrected chi connectivity index (χ2v) is 12.6. The topological polar surface area (TPSA) is 3.24 Å². The maximum atomic E-state index is 2.37. The van der Waals surface area contributed by atoms with E-state index in [1.165, 1.54) is 65.7 Å². The van der Waals surface area contributed by atoms with Crippen LogP contribution in [0.15, 0.2) is 200 Å². The summed E-state index contributed by atoms with van der Waals surface area (Å²) in [4.78, 5) is 2.37. The Morgan fingerprint density at radius 3 is 1.49 bits per heavy atom. The molecule has 0 saturated carbocycles. The Hall–Kier alpha value is -6.44. The molecule has 49 heavy (non-hydrogen) atoms. The molecule has 0 N–H and O–H groups in total. The molecular formula is C48H33N. The smallest absolute Gasteiger partial charge is 0.0540 e. The molecule has 9 aromatic carbocycles. The Labute approximate surface area is 287 Å². The molecule has 0 fully saturated rings. The lowest BCUT2D eigenvalue weighted by Gasteiger charge is -2.28. The first kappa shape index (κ1) is 28.8. The zero-order chi connectivity index (χ0) is 32.6. The number of anilines is 3. The average molecular weight is 624 g/mol. The van der Waals surface area contributed by atoms with Gasteiger partial charge in [0, 0.05) is 16.9 Å². The molecule has 0 saturated heterocycles. The number of rotatable bonds is 6. The van der Waals surface area contributed by atoms with E-state index in [1.807, 2.05) is 0 Å². The summed E-state index contributed by atoms with van der Waals surface area (Å²) in [6, 6.07) is 72.4. The first-order chi connectivity index (χ1) is 24.3. The minimum absolute atomic E-state index is 1.11. The van der Waals surface area contributed by atoms with Gasteiger partial charge in [-0.15, -0.1) is 0 Å². The van der Waals surface area contributed by atoms with E-state index < -0.39 is 0 Å². The highest BCUT2D eigenvalue weighted by atomic mass is 15.1. The fourth-order valence-electron chi connectivity index (χ4n) is 7.19. The second kappa shape index (κ2) is 12.3. The van der Waals surface area contributed by atoms with Crippen molar-refractivity contribution in [3.63, 3.8) is 0 Å². The van der Waals surface area contributed by atoms with Crippen LogP contribution in [0, 0.1) is 0 Å². The number of nitrogens with zero attached hydrogens (tertiary/aromatic N) is 1. The summed E-state index contributed by atoms with van der Waals surface area (Å²) in [7, 11) is 0. The van der Waals surface area contributed by atoms with Gasteiger partial charge in [0.15, 0.2) is 0 Å².